The first-order chi connectivity index (χ1) is 7.97. The minimum absolute atomic E-state index is 0.126. The molecule has 1 unspecified atom stereocenters. The van der Waals surface area contributed by atoms with Crippen molar-refractivity contribution in [2.75, 3.05) is 19.7 Å². The largest absolute Gasteiger partial charge is 0.480 e. The Kier molecular flexibility index (Phi) is 4.65. The van der Waals surface area contributed by atoms with Crippen molar-refractivity contribution in [3.05, 3.63) is 12.7 Å². The Morgan fingerprint density at radius 1 is 1.65 bits per heavy atom. The molecular weight excluding hydrogens is 224 g/mol. The van der Waals surface area contributed by atoms with Crippen LogP contribution in [-0.4, -0.2) is 48.3 Å². The molecule has 96 valence electrons. The maximum Gasteiger partial charge on any atom is 0.326 e. The van der Waals surface area contributed by atoms with Crippen LogP contribution >= 0.6 is 0 Å². The van der Waals surface area contributed by atoms with Gasteiger partial charge < -0.3 is 20.5 Å². The number of ether oxygens (including phenoxy) is 1. The van der Waals surface area contributed by atoms with Crippen LogP contribution in [0.1, 0.15) is 13.3 Å². The number of nitrogens with one attached hydrogen (secondary N) is 2. The molecule has 0 saturated carbocycles. The van der Waals surface area contributed by atoms with Gasteiger partial charge in [-0.25, -0.2) is 4.79 Å². The molecule has 0 radical (unpaired) electrons. The lowest BCUT2D eigenvalue weighted by atomic mass is 10.0. The lowest BCUT2D eigenvalue weighted by Crippen LogP contribution is -2.60. The Morgan fingerprint density at radius 2 is 2.29 bits per heavy atom. The van der Waals surface area contributed by atoms with E-state index in [2.05, 4.69) is 17.2 Å². The molecule has 6 nitrogen and oxygen atoms in total. The van der Waals surface area contributed by atoms with Gasteiger partial charge in [0.25, 0.3) is 0 Å². The summed E-state index contributed by atoms with van der Waals surface area (Å²) in [6.07, 6.45) is 1.65. The van der Waals surface area contributed by atoms with Crippen molar-refractivity contribution in [2.45, 2.75) is 25.0 Å². The second-order valence-electron chi connectivity index (χ2n) is 4.32. The minimum atomic E-state index is -1.07. The maximum atomic E-state index is 11.5. The lowest BCUT2D eigenvalue weighted by molar-refractivity contribution is -0.145. The van der Waals surface area contributed by atoms with Crippen LogP contribution in [0.4, 0.5) is 0 Å². The van der Waals surface area contributed by atoms with E-state index in [9.17, 15) is 9.59 Å². The monoisotopic (exact) mass is 242 g/mol. The summed E-state index contributed by atoms with van der Waals surface area (Å²) in [4.78, 5) is 22.2. The van der Waals surface area contributed by atoms with Gasteiger partial charge >= 0.3 is 5.97 Å². The highest BCUT2D eigenvalue weighted by molar-refractivity contribution is 5.84. The number of carbonyl (C=O) groups is 2. The van der Waals surface area contributed by atoms with Crippen LogP contribution in [0.2, 0.25) is 0 Å². The standard InChI is InChI=1S/C11H18N2O4/c1-3-4-8(10(15)16)13-9(14)5-17-11(2)6-12-7-11/h3,8,12H,1,4-7H2,2H3,(H,13,14)(H,15,16). The average Bonchev–Trinajstić information content (AvgIpc) is 2.23. The Balaban J connectivity index is 2.31. The van der Waals surface area contributed by atoms with E-state index in [1.165, 1.54) is 6.08 Å². The summed E-state index contributed by atoms with van der Waals surface area (Å²) in [6.45, 7) is 6.62. The van der Waals surface area contributed by atoms with Crippen molar-refractivity contribution in [3.63, 3.8) is 0 Å². The molecule has 0 aromatic carbocycles. The summed E-state index contributed by atoms with van der Waals surface area (Å²) >= 11 is 0. The van der Waals surface area contributed by atoms with Gasteiger partial charge in [-0.1, -0.05) is 6.08 Å². The van der Waals surface area contributed by atoms with Crippen molar-refractivity contribution < 1.29 is 19.4 Å². The molecule has 1 saturated heterocycles. The lowest BCUT2D eigenvalue weighted by Gasteiger charge is -2.38. The molecule has 0 aliphatic carbocycles. The number of amides is 1. The summed E-state index contributed by atoms with van der Waals surface area (Å²) < 4.78 is 5.39. The van der Waals surface area contributed by atoms with E-state index in [1.54, 1.807) is 0 Å². The molecule has 1 amide bonds. The molecule has 0 aromatic rings. The van der Waals surface area contributed by atoms with Gasteiger partial charge in [0, 0.05) is 13.1 Å². The van der Waals surface area contributed by atoms with Crippen LogP contribution in [-0.2, 0) is 14.3 Å². The first kappa shape index (κ1) is 13.7. The topological polar surface area (TPSA) is 87.7 Å². The summed E-state index contributed by atoms with van der Waals surface area (Å²) in [6, 6.07) is -0.934. The van der Waals surface area contributed by atoms with Crippen molar-refractivity contribution >= 4 is 11.9 Å². The Morgan fingerprint density at radius 3 is 2.71 bits per heavy atom. The molecule has 1 fully saturated rings. The third-order valence-electron chi connectivity index (χ3n) is 2.59. The van der Waals surface area contributed by atoms with E-state index in [4.69, 9.17) is 9.84 Å². The molecule has 3 N–H and O–H groups in total. The van der Waals surface area contributed by atoms with E-state index in [-0.39, 0.29) is 18.6 Å². The van der Waals surface area contributed by atoms with Gasteiger partial charge in [-0.05, 0) is 13.3 Å². The quantitative estimate of drug-likeness (QED) is 0.524. The zero-order valence-corrected chi connectivity index (χ0v) is 9.86. The molecular formula is C11H18N2O4. The van der Waals surface area contributed by atoms with Gasteiger partial charge in [-0.15, -0.1) is 6.58 Å². The highest BCUT2D eigenvalue weighted by atomic mass is 16.5. The first-order valence-electron chi connectivity index (χ1n) is 5.44. The predicted octanol–water partition coefficient (Wildman–Crippen LogP) is -0.490. The van der Waals surface area contributed by atoms with Crippen LogP contribution in [0.5, 0.6) is 0 Å². The van der Waals surface area contributed by atoms with E-state index < -0.39 is 17.9 Å². The van der Waals surface area contributed by atoms with E-state index in [0.717, 1.165) is 0 Å². The number of hydrogen-bond donors (Lipinski definition) is 3. The maximum absolute atomic E-state index is 11.5. The Bertz CT molecular complexity index is 313. The summed E-state index contributed by atoms with van der Waals surface area (Å²) in [5.41, 5.74) is -0.311. The molecule has 6 heteroatoms. The second kappa shape index (κ2) is 5.79. The van der Waals surface area contributed by atoms with Crippen molar-refractivity contribution in [2.24, 2.45) is 0 Å². The smallest absolute Gasteiger partial charge is 0.326 e. The molecule has 1 rings (SSSR count). The van der Waals surface area contributed by atoms with Crippen LogP contribution in [0.15, 0.2) is 12.7 Å². The van der Waals surface area contributed by atoms with Gasteiger partial charge in [0.1, 0.15) is 12.6 Å². The molecule has 0 aromatic heterocycles. The molecule has 0 bridgehead atoms. The average molecular weight is 242 g/mol. The summed E-state index contributed by atoms with van der Waals surface area (Å²) in [5, 5.41) is 14.2. The van der Waals surface area contributed by atoms with E-state index in [0.29, 0.717) is 13.1 Å². The van der Waals surface area contributed by atoms with E-state index in [1.807, 2.05) is 6.92 Å². The summed E-state index contributed by atoms with van der Waals surface area (Å²) in [5.74, 6) is -1.50. The minimum Gasteiger partial charge on any atom is -0.480 e. The fraction of sp³-hybridized carbons (Fsp3) is 0.636. The fourth-order valence-electron chi connectivity index (χ4n) is 1.44. The van der Waals surface area contributed by atoms with Crippen LogP contribution in [0.25, 0.3) is 0 Å². The normalized spacial score (nSPS) is 18.9. The van der Waals surface area contributed by atoms with Gasteiger partial charge in [-0.2, -0.15) is 0 Å². The number of carboxylic acids is 1. The fourth-order valence-corrected chi connectivity index (χ4v) is 1.44. The van der Waals surface area contributed by atoms with Crippen LogP contribution in [0.3, 0.4) is 0 Å². The predicted molar refractivity (Wildman–Crippen MR) is 61.6 cm³/mol. The number of hydrogen-bond acceptors (Lipinski definition) is 4. The Hall–Kier alpha value is -1.40. The highest BCUT2D eigenvalue weighted by Gasteiger charge is 2.33. The third kappa shape index (κ3) is 4.16. The molecule has 0 spiro atoms. The molecule has 1 aliphatic rings. The number of aliphatic carboxylic acids is 1. The number of carbonyl (C=O) groups excluding carboxylic acids is 1. The summed E-state index contributed by atoms with van der Waals surface area (Å²) in [7, 11) is 0. The van der Waals surface area contributed by atoms with Crippen LogP contribution < -0.4 is 10.6 Å². The van der Waals surface area contributed by atoms with E-state index >= 15 is 0 Å². The zero-order valence-electron chi connectivity index (χ0n) is 9.86. The van der Waals surface area contributed by atoms with Crippen molar-refractivity contribution in [1.29, 1.82) is 0 Å². The molecule has 17 heavy (non-hydrogen) atoms. The van der Waals surface area contributed by atoms with Crippen molar-refractivity contribution in [1.82, 2.24) is 10.6 Å². The molecule has 1 heterocycles. The van der Waals surface area contributed by atoms with Gasteiger partial charge in [0.05, 0.1) is 5.60 Å². The highest BCUT2D eigenvalue weighted by Crippen LogP contribution is 2.14. The number of carboxylic acid groups (broad SMARTS) is 1. The number of rotatable bonds is 7. The van der Waals surface area contributed by atoms with Gasteiger partial charge in [-0.3, -0.25) is 4.79 Å². The Labute approximate surface area is 100 Å². The third-order valence-corrected chi connectivity index (χ3v) is 2.59. The second-order valence-corrected chi connectivity index (χ2v) is 4.32. The molecule has 1 atom stereocenters. The SMILES string of the molecule is C=CCC(NC(=O)COC1(C)CNC1)C(=O)O. The van der Waals surface area contributed by atoms with Crippen molar-refractivity contribution in [3.8, 4) is 0 Å². The van der Waals surface area contributed by atoms with Crippen LogP contribution in [0, 0.1) is 0 Å². The zero-order chi connectivity index (χ0) is 12.9. The van der Waals surface area contributed by atoms with Gasteiger partial charge in [0.2, 0.25) is 5.91 Å². The molecule has 1 aliphatic heterocycles. The first-order valence-corrected chi connectivity index (χ1v) is 5.44. The van der Waals surface area contributed by atoms with Gasteiger partial charge in [0.15, 0.2) is 0 Å².